The molecule has 33 heavy (non-hydrogen) atoms. The number of carbonyl (C=O) groups is 1. The lowest BCUT2D eigenvalue weighted by atomic mass is 9.90. The van der Waals surface area contributed by atoms with Gasteiger partial charge in [-0.2, -0.15) is 5.10 Å². The van der Waals surface area contributed by atoms with Crippen LogP contribution in [0.15, 0.2) is 41.4 Å². The van der Waals surface area contributed by atoms with E-state index in [1.54, 1.807) is 0 Å². The van der Waals surface area contributed by atoms with Crippen LogP contribution < -0.4 is 10.6 Å². The number of hydrogen-bond donors (Lipinski definition) is 2. The van der Waals surface area contributed by atoms with E-state index in [0.29, 0.717) is 11.9 Å². The second-order valence-electron chi connectivity index (χ2n) is 8.64. The SMILES string of the molecule is CCNC(=NCC(=O)N1CCC(Cc2ccccc2)CC1)NCCCn1nc(C)cc1C.I. The van der Waals surface area contributed by atoms with Gasteiger partial charge in [-0.1, -0.05) is 30.3 Å². The average Bonchev–Trinajstić information content (AvgIpc) is 3.12. The quantitative estimate of drug-likeness (QED) is 0.211. The summed E-state index contributed by atoms with van der Waals surface area (Å²) < 4.78 is 2.03. The van der Waals surface area contributed by atoms with Crippen LogP contribution in [-0.2, 0) is 17.8 Å². The number of likely N-dealkylation sites (tertiary alicyclic amines) is 1. The Kier molecular flexibility index (Phi) is 11.7. The van der Waals surface area contributed by atoms with Gasteiger partial charge in [-0.3, -0.25) is 9.48 Å². The Morgan fingerprint density at radius 3 is 2.52 bits per heavy atom. The Balaban J connectivity index is 0.00000385. The van der Waals surface area contributed by atoms with E-state index < -0.39 is 0 Å². The molecule has 0 atom stereocenters. The van der Waals surface area contributed by atoms with Gasteiger partial charge in [0.1, 0.15) is 6.54 Å². The molecule has 0 radical (unpaired) electrons. The summed E-state index contributed by atoms with van der Waals surface area (Å²) in [7, 11) is 0. The largest absolute Gasteiger partial charge is 0.357 e. The number of amides is 1. The van der Waals surface area contributed by atoms with Crippen molar-refractivity contribution in [3.63, 3.8) is 0 Å². The number of benzene rings is 1. The molecule has 0 bridgehead atoms. The molecule has 0 saturated carbocycles. The minimum Gasteiger partial charge on any atom is -0.357 e. The van der Waals surface area contributed by atoms with Gasteiger partial charge in [0.25, 0.3) is 0 Å². The first-order valence-electron chi connectivity index (χ1n) is 11.9. The van der Waals surface area contributed by atoms with Crippen molar-refractivity contribution in [1.82, 2.24) is 25.3 Å². The summed E-state index contributed by atoms with van der Waals surface area (Å²) in [6.45, 7) is 10.4. The molecule has 2 heterocycles. The average molecular weight is 567 g/mol. The highest BCUT2D eigenvalue weighted by Gasteiger charge is 2.22. The number of aryl methyl sites for hydroxylation is 3. The Morgan fingerprint density at radius 1 is 1.15 bits per heavy atom. The summed E-state index contributed by atoms with van der Waals surface area (Å²) in [5.41, 5.74) is 3.62. The number of carbonyl (C=O) groups excluding carboxylic acids is 1. The third-order valence-corrected chi connectivity index (χ3v) is 5.99. The minimum atomic E-state index is 0. The first-order valence-corrected chi connectivity index (χ1v) is 11.9. The van der Waals surface area contributed by atoms with Crippen LogP contribution in [0.3, 0.4) is 0 Å². The van der Waals surface area contributed by atoms with E-state index in [0.717, 1.165) is 64.1 Å². The molecule has 1 fully saturated rings. The molecule has 1 aromatic carbocycles. The number of nitrogens with one attached hydrogen (secondary N) is 2. The summed E-state index contributed by atoms with van der Waals surface area (Å²) in [5.74, 6) is 1.47. The van der Waals surface area contributed by atoms with Crippen LogP contribution in [0, 0.1) is 19.8 Å². The third kappa shape index (κ3) is 8.98. The molecule has 3 rings (SSSR count). The van der Waals surface area contributed by atoms with Crippen LogP contribution in [0.1, 0.15) is 43.1 Å². The highest BCUT2D eigenvalue weighted by molar-refractivity contribution is 14.0. The van der Waals surface area contributed by atoms with Crippen molar-refractivity contribution in [2.24, 2.45) is 10.9 Å². The number of aliphatic imine (C=N–C) groups is 1. The van der Waals surface area contributed by atoms with Gasteiger partial charge < -0.3 is 15.5 Å². The molecule has 0 aliphatic carbocycles. The van der Waals surface area contributed by atoms with E-state index >= 15 is 0 Å². The number of guanidine groups is 1. The number of aromatic nitrogens is 2. The Labute approximate surface area is 215 Å². The zero-order valence-corrected chi connectivity index (χ0v) is 22.5. The van der Waals surface area contributed by atoms with Crippen molar-refractivity contribution in [2.75, 3.05) is 32.7 Å². The van der Waals surface area contributed by atoms with Crippen LogP contribution in [0.25, 0.3) is 0 Å². The molecule has 0 unspecified atom stereocenters. The van der Waals surface area contributed by atoms with Gasteiger partial charge in [0.2, 0.25) is 5.91 Å². The van der Waals surface area contributed by atoms with Gasteiger partial charge in [-0.25, -0.2) is 4.99 Å². The Morgan fingerprint density at radius 2 is 1.88 bits per heavy atom. The molecule has 1 amide bonds. The second kappa shape index (κ2) is 14.2. The number of halogens is 1. The fourth-order valence-corrected chi connectivity index (χ4v) is 4.26. The highest BCUT2D eigenvalue weighted by Crippen LogP contribution is 2.21. The van der Waals surface area contributed by atoms with Crippen molar-refractivity contribution in [3.8, 4) is 0 Å². The predicted octanol–water partition coefficient (Wildman–Crippen LogP) is 3.54. The summed E-state index contributed by atoms with van der Waals surface area (Å²) >= 11 is 0. The van der Waals surface area contributed by atoms with E-state index in [2.05, 4.69) is 64.0 Å². The fourth-order valence-electron chi connectivity index (χ4n) is 4.26. The molecule has 8 heteroatoms. The lowest BCUT2D eigenvalue weighted by molar-refractivity contribution is -0.130. The maximum Gasteiger partial charge on any atom is 0.244 e. The maximum absolute atomic E-state index is 12.7. The van der Waals surface area contributed by atoms with E-state index in [1.807, 2.05) is 23.4 Å². The minimum absolute atomic E-state index is 0. The van der Waals surface area contributed by atoms with E-state index in [1.165, 1.54) is 11.3 Å². The van der Waals surface area contributed by atoms with E-state index in [-0.39, 0.29) is 36.4 Å². The zero-order chi connectivity index (χ0) is 22.8. The predicted molar refractivity (Wildman–Crippen MR) is 145 cm³/mol. The first kappa shape index (κ1) is 27.1. The standard InChI is InChI=1S/C25H38N6O.HI/c1-4-26-25(27-13-8-14-31-21(3)17-20(2)29-31)28-19-24(32)30-15-11-23(12-16-30)18-22-9-6-5-7-10-22;/h5-7,9-10,17,23H,4,8,11-16,18-19H2,1-3H3,(H2,26,27,28);1H. The van der Waals surface area contributed by atoms with Crippen LogP contribution >= 0.6 is 24.0 Å². The van der Waals surface area contributed by atoms with Crippen LogP contribution in [0.4, 0.5) is 0 Å². The topological polar surface area (TPSA) is 74.6 Å². The molecular weight excluding hydrogens is 527 g/mol. The lowest BCUT2D eigenvalue weighted by Gasteiger charge is -2.32. The first-order chi connectivity index (χ1) is 15.5. The molecule has 1 aliphatic heterocycles. The molecule has 2 N–H and O–H groups in total. The summed E-state index contributed by atoms with van der Waals surface area (Å²) in [5, 5.41) is 11.1. The molecule has 2 aromatic rings. The summed E-state index contributed by atoms with van der Waals surface area (Å²) in [4.78, 5) is 19.2. The maximum atomic E-state index is 12.7. The summed E-state index contributed by atoms with van der Waals surface area (Å²) in [6.07, 6.45) is 4.17. The molecule has 1 aromatic heterocycles. The Bertz CT molecular complexity index is 874. The van der Waals surface area contributed by atoms with Gasteiger partial charge in [0.15, 0.2) is 5.96 Å². The van der Waals surface area contributed by atoms with Gasteiger partial charge in [-0.05, 0) is 64.0 Å². The second-order valence-corrected chi connectivity index (χ2v) is 8.64. The monoisotopic (exact) mass is 566 g/mol. The van der Waals surface area contributed by atoms with Crippen molar-refractivity contribution >= 4 is 35.8 Å². The van der Waals surface area contributed by atoms with Crippen molar-refractivity contribution in [3.05, 3.63) is 53.3 Å². The Hall–Kier alpha value is -2.10. The van der Waals surface area contributed by atoms with Gasteiger partial charge >= 0.3 is 0 Å². The molecule has 182 valence electrons. The van der Waals surface area contributed by atoms with Crippen LogP contribution in [0.2, 0.25) is 0 Å². The normalized spacial score (nSPS) is 14.6. The summed E-state index contributed by atoms with van der Waals surface area (Å²) in [6, 6.07) is 12.7. The molecule has 7 nitrogen and oxygen atoms in total. The number of piperidine rings is 1. The molecule has 1 aliphatic rings. The van der Waals surface area contributed by atoms with Crippen molar-refractivity contribution < 1.29 is 4.79 Å². The molecule has 1 saturated heterocycles. The third-order valence-electron chi connectivity index (χ3n) is 5.99. The number of nitrogens with zero attached hydrogens (tertiary/aromatic N) is 4. The van der Waals surface area contributed by atoms with Gasteiger partial charge in [0, 0.05) is 38.4 Å². The molecular formula is C25H39IN6O. The van der Waals surface area contributed by atoms with E-state index in [4.69, 9.17) is 0 Å². The smallest absolute Gasteiger partial charge is 0.244 e. The van der Waals surface area contributed by atoms with Crippen LogP contribution in [-0.4, -0.2) is 59.3 Å². The van der Waals surface area contributed by atoms with Gasteiger partial charge in [-0.15, -0.1) is 24.0 Å². The molecule has 0 spiro atoms. The van der Waals surface area contributed by atoms with Crippen LogP contribution in [0.5, 0.6) is 0 Å². The van der Waals surface area contributed by atoms with Crippen molar-refractivity contribution in [1.29, 1.82) is 0 Å². The lowest BCUT2D eigenvalue weighted by Crippen LogP contribution is -2.42. The fraction of sp³-hybridized carbons (Fsp3) is 0.560. The zero-order valence-electron chi connectivity index (χ0n) is 20.2. The highest BCUT2D eigenvalue weighted by atomic mass is 127. The number of rotatable bonds is 9. The van der Waals surface area contributed by atoms with Crippen molar-refractivity contribution in [2.45, 2.75) is 53.0 Å². The number of hydrogen-bond acceptors (Lipinski definition) is 3. The van der Waals surface area contributed by atoms with Gasteiger partial charge in [0.05, 0.1) is 5.69 Å². The van der Waals surface area contributed by atoms with E-state index in [9.17, 15) is 4.79 Å².